The molecule has 1 aromatic heterocycles. The average molecular weight is 459 g/mol. The molecular weight excluding hydrogens is 432 g/mol. The maximum absolute atomic E-state index is 13.0. The summed E-state index contributed by atoms with van der Waals surface area (Å²) in [5, 5.41) is 3.31. The molecule has 1 N–H and O–H groups in total. The lowest BCUT2D eigenvalue weighted by molar-refractivity contribution is -0.119. The third-order valence-corrected chi connectivity index (χ3v) is 6.74. The van der Waals surface area contributed by atoms with Gasteiger partial charge in [0.05, 0.1) is 32.2 Å². The number of nitrogens with one attached hydrogen (secondary N) is 1. The van der Waals surface area contributed by atoms with E-state index in [1.54, 1.807) is 25.3 Å². The highest BCUT2D eigenvalue weighted by Gasteiger charge is 2.43. The first-order valence-electron chi connectivity index (χ1n) is 11.4. The summed E-state index contributed by atoms with van der Waals surface area (Å²) < 4.78 is 11.1. The smallest absolute Gasteiger partial charge is 0.250 e. The third kappa shape index (κ3) is 3.31. The van der Waals surface area contributed by atoms with Crippen molar-refractivity contribution in [1.29, 1.82) is 0 Å². The number of methoxy groups -OCH3 is 1. The fourth-order valence-electron chi connectivity index (χ4n) is 4.95. The minimum absolute atomic E-state index is 0.0494. The molecule has 9 nitrogen and oxygen atoms in total. The first-order chi connectivity index (χ1) is 16.6. The van der Waals surface area contributed by atoms with Crippen LogP contribution in [-0.4, -0.2) is 62.4 Å². The number of para-hydroxylation sites is 1. The molecule has 3 aromatic rings. The van der Waals surface area contributed by atoms with E-state index in [-0.39, 0.29) is 11.9 Å². The number of carbonyl (C=O) groups excluding carboxylic acids is 1. The number of carbonyl (C=O) groups is 1. The molecule has 1 unspecified atom stereocenters. The van der Waals surface area contributed by atoms with E-state index in [1.165, 1.54) is 0 Å². The Morgan fingerprint density at radius 1 is 1.12 bits per heavy atom. The van der Waals surface area contributed by atoms with Crippen LogP contribution in [0.25, 0.3) is 0 Å². The monoisotopic (exact) mass is 458 g/mol. The number of rotatable bonds is 4. The lowest BCUT2D eigenvalue weighted by atomic mass is 10.1. The van der Waals surface area contributed by atoms with Crippen LogP contribution < -0.4 is 24.8 Å². The number of morpholine rings is 1. The van der Waals surface area contributed by atoms with Gasteiger partial charge in [0.15, 0.2) is 5.82 Å². The van der Waals surface area contributed by atoms with Gasteiger partial charge in [-0.2, -0.15) is 4.98 Å². The van der Waals surface area contributed by atoms with E-state index in [9.17, 15) is 4.79 Å². The largest absolute Gasteiger partial charge is 0.494 e. The summed E-state index contributed by atoms with van der Waals surface area (Å²) in [6.07, 6.45) is 2.37. The second-order valence-corrected chi connectivity index (χ2v) is 8.63. The van der Waals surface area contributed by atoms with Crippen LogP contribution in [-0.2, 0) is 16.0 Å². The van der Waals surface area contributed by atoms with Crippen LogP contribution in [0.15, 0.2) is 48.7 Å². The maximum atomic E-state index is 13.0. The van der Waals surface area contributed by atoms with Gasteiger partial charge in [0, 0.05) is 44.0 Å². The third-order valence-electron chi connectivity index (χ3n) is 6.74. The van der Waals surface area contributed by atoms with Crippen LogP contribution in [0, 0.1) is 0 Å². The zero-order valence-electron chi connectivity index (χ0n) is 19.2. The van der Waals surface area contributed by atoms with Gasteiger partial charge in [-0.1, -0.05) is 18.2 Å². The molecule has 1 atom stereocenters. The van der Waals surface area contributed by atoms with E-state index in [0.29, 0.717) is 23.8 Å². The Bertz CT molecular complexity index is 1260. The SMILES string of the molecule is COc1cc(N2CCOCC2)ccc1Nc1ncc2c(n1)N1c3ccccc3CC1C(=O)N2C. The first-order valence-corrected chi connectivity index (χ1v) is 11.4. The summed E-state index contributed by atoms with van der Waals surface area (Å²) in [5.41, 5.74) is 4.73. The number of anilines is 6. The number of nitrogens with zero attached hydrogens (tertiary/aromatic N) is 5. The second kappa shape index (κ2) is 8.18. The first kappa shape index (κ1) is 20.7. The Morgan fingerprint density at radius 2 is 1.94 bits per heavy atom. The average Bonchev–Trinajstić information content (AvgIpc) is 3.28. The van der Waals surface area contributed by atoms with Crippen molar-refractivity contribution >= 4 is 40.4 Å². The van der Waals surface area contributed by atoms with E-state index >= 15 is 0 Å². The van der Waals surface area contributed by atoms with Crippen molar-refractivity contribution in [2.24, 2.45) is 0 Å². The Kier molecular flexibility index (Phi) is 4.99. The molecule has 0 saturated carbocycles. The van der Waals surface area contributed by atoms with E-state index in [0.717, 1.165) is 54.7 Å². The summed E-state index contributed by atoms with van der Waals surface area (Å²) in [4.78, 5) is 28.4. The molecule has 0 spiro atoms. The summed E-state index contributed by atoms with van der Waals surface area (Å²) >= 11 is 0. The Morgan fingerprint density at radius 3 is 2.76 bits per heavy atom. The number of hydrogen-bond acceptors (Lipinski definition) is 8. The van der Waals surface area contributed by atoms with Crippen LogP contribution in [0.4, 0.5) is 34.5 Å². The highest BCUT2D eigenvalue weighted by atomic mass is 16.5. The molecule has 9 heteroatoms. The lowest BCUT2D eigenvalue weighted by Crippen LogP contribution is -2.49. The number of ether oxygens (including phenoxy) is 2. The van der Waals surface area contributed by atoms with Crippen molar-refractivity contribution in [1.82, 2.24) is 9.97 Å². The zero-order chi connectivity index (χ0) is 23.2. The van der Waals surface area contributed by atoms with Gasteiger partial charge in [0.2, 0.25) is 11.9 Å². The number of aromatic nitrogens is 2. The van der Waals surface area contributed by atoms with Gasteiger partial charge < -0.3 is 29.5 Å². The van der Waals surface area contributed by atoms with Crippen molar-refractivity contribution in [2.75, 3.05) is 60.5 Å². The molecule has 0 bridgehead atoms. The maximum Gasteiger partial charge on any atom is 0.250 e. The normalized spacial score (nSPS) is 18.9. The van der Waals surface area contributed by atoms with E-state index in [2.05, 4.69) is 27.3 Å². The van der Waals surface area contributed by atoms with Crippen molar-refractivity contribution in [3.05, 3.63) is 54.2 Å². The molecule has 34 heavy (non-hydrogen) atoms. The highest BCUT2D eigenvalue weighted by molar-refractivity contribution is 6.07. The Labute approximate surface area is 197 Å². The summed E-state index contributed by atoms with van der Waals surface area (Å²) in [6, 6.07) is 13.9. The van der Waals surface area contributed by atoms with E-state index in [4.69, 9.17) is 14.5 Å². The molecule has 0 radical (unpaired) electrons. The molecule has 3 aliphatic heterocycles. The number of fused-ring (bicyclic) bond motifs is 5. The van der Waals surface area contributed by atoms with Crippen molar-refractivity contribution in [2.45, 2.75) is 12.5 Å². The molecular formula is C25H26N6O3. The van der Waals surface area contributed by atoms with E-state index in [1.807, 2.05) is 35.2 Å². The van der Waals surface area contributed by atoms with Crippen LogP contribution in [0.1, 0.15) is 5.56 Å². The standard InChI is InChI=1S/C25H26N6O3/c1-29-21-15-26-25(27-18-8-7-17(14-22(18)33-2)30-9-11-34-12-10-30)28-23(21)31-19-6-4-3-5-16(19)13-20(31)24(29)32/h3-8,14-15,20H,9-13H2,1-2H3,(H,26,27,28). The molecule has 1 amide bonds. The van der Waals surface area contributed by atoms with Gasteiger partial charge in [0.25, 0.3) is 0 Å². The van der Waals surface area contributed by atoms with Crippen LogP contribution >= 0.6 is 0 Å². The van der Waals surface area contributed by atoms with Gasteiger partial charge >= 0.3 is 0 Å². The summed E-state index contributed by atoms with van der Waals surface area (Å²) in [7, 11) is 3.44. The zero-order valence-corrected chi connectivity index (χ0v) is 19.2. The van der Waals surface area contributed by atoms with Crippen LogP contribution in [0.5, 0.6) is 5.75 Å². The van der Waals surface area contributed by atoms with Gasteiger partial charge in [-0.3, -0.25) is 4.79 Å². The highest BCUT2D eigenvalue weighted by Crippen LogP contribution is 2.45. The second-order valence-electron chi connectivity index (χ2n) is 8.63. The topological polar surface area (TPSA) is 83.1 Å². The molecule has 1 saturated heterocycles. The molecule has 3 aliphatic rings. The number of amides is 1. The lowest BCUT2D eigenvalue weighted by Gasteiger charge is -2.36. The van der Waals surface area contributed by atoms with Crippen molar-refractivity contribution in [3.63, 3.8) is 0 Å². The summed E-state index contributed by atoms with van der Waals surface area (Å²) in [5.74, 6) is 1.93. The Balaban J connectivity index is 1.34. The number of hydrogen-bond donors (Lipinski definition) is 1. The fourth-order valence-corrected chi connectivity index (χ4v) is 4.95. The Hall–Kier alpha value is -3.85. The molecule has 4 heterocycles. The predicted octanol–water partition coefficient (Wildman–Crippen LogP) is 3.10. The van der Waals surface area contributed by atoms with Gasteiger partial charge in [-0.05, 0) is 23.8 Å². The van der Waals surface area contributed by atoms with Crippen molar-refractivity contribution in [3.8, 4) is 5.75 Å². The van der Waals surface area contributed by atoms with E-state index < -0.39 is 0 Å². The molecule has 2 aromatic carbocycles. The molecule has 1 fully saturated rings. The number of benzene rings is 2. The van der Waals surface area contributed by atoms with Gasteiger partial charge in [-0.15, -0.1) is 0 Å². The predicted molar refractivity (Wildman–Crippen MR) is 131 cm³/mol. The minimum atomic E-state index is -0.292. The van der Waals surface area contributed by atoms with Crippen LogP contribution in [0.2, 0.25) is 0 Å². The number of likely N-dealkylation sites (N-methyl/N-ethyl adjacent to an activating group) is 1. The molecule has 174 valence electrons. The molecule has 0 aliphatic carbocycles. The van der Waals surface area contributed by atoms with Gasteiger partial charge in [0.1, 0.15) is 17.5 Å². The quantitative estimate of drug-likeness (QED) is 0.639. The minimum Gasteiger partial charge on any atom is -0.494 e. The van der Waals surface area contributed by atoms with Crippen molar-refractivity contribution < 1.29 is 14.3 Å². The molecule has 6 rings (SSSR count). The van der Waals surface area contributed by atoms with Crippen LogP contribution in [0.3, 0.4) is 0 Å². The van der Waals surface area contributed by atoms with Gasteiger partial charge in [-0.25, -0.2) is 4.98 Å². The summed E-state index contributed by atoms with van der Waals surface area (Å²) in [6.45, 7) is 3.16. The fraction of sp³-hybridized carbons (Fsp3) is 0.320.